The molecule has 9 heavy (non-hydrogen) atoms. The van der Waals surface area contributed by atoms with E-state index in [0.29, 0.717) is 0 Å². The number of carbonyl (C=O) groups excluding carboxylic acids is 2. The average molecular weight is 195 g/mol. The van der Waals surface area contributed by atoms with Gasteiger partial charge in [-0.2, -0.15) is 0 Å². The fourth-order valence-corrected chi connectivity index (χ4v) is 1.28. The molecule has 0 bridgehead atoms. The van der Waals surface area contributed by atoms with Crippen LogP contribution in [0.15, 0.2) is 0 Å². The second-order valence-electron chi connectivity index (χ2n) is 1.59. The molecule has 0 saturated carbocycles. The molecule has 1 rings (SSSR count). The molecule has 0 unspecified atom stereocenters. The van der Waals surface area contributed by atoms with Crippen LogP contribution < -0.4 is 0 Å². The molecular weight excluding hydrogens is 191 g/mol. The van der Waals surface area contributed by atoms with Gasteiger partial charge in [0.15, 0.2) is 0 Å². The normalized spacial score (nSPS) is 21.0. The third-order valence-corrected chi connectivity index (χ3v) is 1.91. The molecule has 0 aromatic rings. The molecule has 4 nitrogen and oxygen atoms in total. The van der Waals surface area contributed by atoms with E-state index in [-0.39, 0.29) is 0 Å². The number of rotatable bonds is 0. The Morgan fingerprint density at radius 1 is 1.33 bits per heavy atom. The topological polar surface area (TPSA) is 52.6 Å². The summed E-state index contributed by atoms with van der Waals surface area (Å²) >= 11 is -0.722. The SMILES string of the molecule is CC1C(=O)O[Se]OC1=O. The molecule has 0 atom stereocenters. The van der Waals surface area contributed by atoms with Crippen LogP contribution in [0, 0.1) is 5.92 Å². The number of hydrogen-bond acceptors (Lipinski definition) is 4. The van der Waals surface area contributed by atoms with E-state index in [0.717, 1.165) is 0 Å². The summed E-state index contributed by atoms with van der Waals surface area (Å²) in [6.45, 7) is 1.46. The van der Waals surface area contributed by atoms with Crippen molar-refractivity contribution >= 4 is 27.6 Å². The van der Waals surface area contributed by atoms with E-state index >= 15 is 0 Å². The van der Waals surface area contributed by atoms with Crippen LogP contribution in [0.2, 0.25) is 0 Å². The summed E-state index contributed by atoms with van der Waals surface area (Å²) in [6.07, 6.45) is 0. The summed E-state index contributed by atoms with van der Waals surface area (Å²) in [7, 11) is 0. The first-order valence-electron chi connectivity index (χ1n) is 2.30. The van der Waals surface area contributed by atoms with Gasteiger partial charge in [-0.1, -0.05) is 0 Å². The molecule has 0 amide bonds. The average Bonchev–Trinajstić information content (AvgIpc) is 1.83. The van der Waals surface area contributed by atoms with Crippen molar-refractivity contribution in [3.63, 3.8) is 0 Å². The summed E-state index contributed by atoms with van der Waals surface area (Å²) in [5.74, 6) is -1.70. The summed E-state index contributed by atoms with van der Waals surface area (Å²) in [5, 5.41) is 0. The van der Waals surface area contributed by atoms with Gasteiger partial charge in [0.1, 0.15) is 0 Å². The third kappa shape index (κ3) is 1.23. The van der Waals surface area contributed by atoms with Gasteiger partial charge in [-0.25, -0.2) is 0 Å². The Morgan fingerprint density at radius 3 is 2.11 bits per heavy atom. The van der Waals surface area contributed by atoms with Crippen molar-refractivity contribution in [2.24, 2.45) is 5.92 Å². The minimum absolute atomic E-state index is 0.480. The van der Waals surface area contributed by atoms with Gasteiger partial charge < -0.3 is 0 Å². The van der Waals surface area contributed by atoms with E-state index in [1.54, 1.807) is 0 Å². The Hall–Kier alpha value is -0.541. The molecular formula is C4H4O4Se. The minimum atomic E-state index is -0.736. The van der Waals surface area contributed by atoms with Gasteiger partial charge in [-0.05, 0) is 0 Å². The zero-order valence-electron chi connectivity index (χ0n) is 4.62. The zero-order valence-corrected chi connectivity index (χ0v) is 6.33. The number of hydrogen-bond donors (Lipinski definition) is 0. The Labute approximate surface area is 58.3 Å². The zero-order chi connectivity index (χ0) is 6.85. The van der Waals surface area contributed by atoms with Crippen molar-refractivity contribution in [3.8, 4) is 0 Å². The van der Waals surface area contributed by atoms with Gasteiger partial charge in [-0.3, -0.25) is 0 Å². The van der Waals surface area contributed by atoms with Crippen LogP contribution in [-0.4, -0.2) is 27.6 Å². The summed E-state index contributed by atoms with van der Waals surface area (Å²) in [6, 6.07) is 0. The maximum atomic E-state index is 10.5. The molecule has 1 aliphatic heterocycles. The molecule has 0 aliphatic carbocycles. The van der Waals surface area contributed by atoms with Gasteiger partial charge in [0, 0.05) is 0 Å². The Kier molecular flexibility index (Phi) is 1.73. The molecule has 0 spiro atoms. The third-order valence-electron chi connectivity index (χ3n) is 0.939. The van der Waals surface area contributed by atoms with Crippen LogP contribution in [0.1, 0.15) is 6.92 Å². The molecule has 0 aromatic heterocycles. The van der Waals surface area contributed by atoms with Crippen molar-refractivity contribution < 1.29 is 17.2 Å². The molecule has 1 heterocycles. The standard InChI is InChI=1S/C4H4O4Se/c1-2-3(5)7-9-8-4(2)6/h2H,1H3. The van der Waals surface area contributed by atoms with E-state index in [2.05, 4.69) is 7.64 Å². The first-order valence-corrected chi connectivity index (χ1v) is 3.70. The molecule has 50 valence electrons. The molecule has 5 heteroatoms. The van der Waals surface area contributed by atoms with Crippen molar-refractivity contribution in [1.82, 2.24) is 0 Å². The molecule has 1 saturated heterocycles. The molecule has 0 N–H and O–H groups in total. The first-order chi connectivity index (χ1) is 4.22. The second kappa shape index (κ2) is 2.37. The van der Waals surface area contributed by atoms with Crippen LogP contribution in [-0.2, 0) is 17.2 Å². The molecule has 1 aliphatic rings. The van der Waals surface area contributed by atoms with E-state index in [9.17, 15) is 9.59 Å². The number of carbonyl (C=O) groups is 2. The summed E-state index contributed by atoms with van der Waals surface area (Å²) in [5.41, 5.74) is 0. The van der Waals surface area contributed by atoms with Crippen LogP contribution in [0.4, 0.5) is 0 Å². The monoisotopic (exact) mass is 196 g/mol. The molecule has 1 fully saturated rings. The van der Waals surface area contributed by atoms with Crippen LogP contribution >= 0.6 is 0 Å². The van der Waals surface area contributed by atoms with E-state index in [1.165, 1.54) is 6.92 Å². The predicted molar refractivity (Wildman–Crippen MR) is 27.1 cm³/mol. The fourth-order valence-electron chi connectivity index (χ4n) is 0.325. The molecule has 0 radical (unpaired) electrons. The van der Waals surface area contributed by atoms with Gasteiger partial charge in [0.25, 0.3) is 0 Å². The van der Waals surface area contributed by atoms with Crippen LogP contribution in [0.5, 0.6) is 0 Å². The fraction of sp³-hybridized carbons (Fsp3) is 0.500. The quantitative estimate of drug-likeness (QED) is 0.377. The summed E-state index contributed by atoms with van der Waals surface area (Å²) < 4.78 is 8.88. The van der Waals surface area contributed by atoms with Crippen molar-refractivity contribution in [1.29, 1.82) is 0 Å². The van der Waals surface area contributed by atoms with Crippen molar-refractivity contribution in [3.05, 3.63) is 0 Å². The van der Waals surface area contributed by atoms with Gasteiger partial charge in [0.2, 0.25) is 0 Å². The van der Waals surface area contributed by atoms with Crippen LogP contribution in [0.3, 0.4) is 0 Å². The predicted octanol–water partition coefficient (Wildman–Crippen LogP) is -0.743. The Bertz CT molecular complexity index is 139. The van der Waals surface area contributed by atoms with Gasteiger partial charge in [-0.15, -0.1) is 0 Å². The first kappa shape index (κ1) is 6.58. The van der Waals surface area contributed by atoms with Gasteiger partial charge >= 0.3 is 57.6 Å². The maximum absolute atomic E-state index is 10.5. The van der Waals surface area contributed by atoms with Gasteiger partial charge in [0.05, 0.1) is 0 Å². The van der Waals surface area contributed by atoms with E-state index in [1.807, 2.05) is 0 Å². The Balaban J connectivity index is 2.62. The Morgan fingerprint density at radius 2 is 1.78 bits per heavy atom. The van der Waals surface area contributed by atoms with Crippen molar-refractivity contribution in [2.75, 3.05) is 0 Å². The second-order valence-corrected chi connectivity index (χ2v) is 2.58. The van der Waals surface area contributed by atoms with Crippen molar-refractivity contribution in [2.45, 2.75) is 6.92 Å². The summed E-state index contributed by atoms with van der Waals surface area (Å²) in [4.78, 5) is 21.0. The molecule has 0 aromatic carbocycles. The van der Waals surface area contributed by atoms with E-state index in [4.69, 9.17) is 0 Å². The van der Waals surface area contributed by atoms with Crippen LogP contribution in [0.25, 0.3) is 0 Å². The van der Waals surface area contributed by atoms with E-state index < -0.39 is 33.5 Å².